The van der Waals surface area contributed by atoms with Gasteiger partial charge in [0.2, 0.25) is 0 Å². The van der Waals surface area contributed by atoms with Crippen LogP contribution in [0.2, 0.25) is 0 Å². The molecule has 0 bridgehead atoms. The Kier molecular flexibility index (Phi) is 4.39. The van der Waals surface area contributed by atoms with Gasteiger partial charge in [-0.3, -0.25) is 9.78 Å². The van der Waals surface area contributed by atoms with Crippen LogP contribution in [-0.4, -0.2) is 10.8 Å². The normalized spacial score (nSPS) is 10.4. The van der Waals surface area contributed by atoms with Crippen LogP contribution in [-0.2, 0) is 17.6 Å². The summed E-state index contributed by atoms with van der Waals surface area (Å²) in [7, 11) is 0. The Bertz CT molecular complexity index is 566. The van der Waals surface area contributed by atoms with E-state index in [2.05, 4.69) is 4.98 Å². The third-order valence-electron chi connectivity index (χ3n) is 3.13. The Morgan fingerprint density at radius 1 is 1.21 bits per heavy atom. The van der Waals surface area contributed by atoms with Gasteiger partial charge >= 0.3 is 0 Å². The summed E-state index contributed by atoms with van der Waals surface area (Å²) < 4.78 is 13.0. The van der Waals surface area contributed by atoms with Gasteiger partial charge in [0.25, 0.3) is 0 Å². The van der Waals surface area contributed by atoms with Crippen LogP contribution < -0.4 is 0 Å². The molecule has 98 valence electrons. The summed E-state index contributed by atoms with van der Waals surface area (Å²) in [6.07, 6.45) is 5.05. The van der Waals surface area contributed by atoms with Crippen LogP contribution in [0.4, 0.5) is 4.39 Å². The van der Waals surface area contributed by atoms with Crippen LogP contribution in [0.3, 0.4) is 0 Å². The minimum absolute atomic E-state index is 0.173. The number of carbonyl (C=O) groups excluding carboxylic acids is 1. The smallest absolute Gasteiger partial charge is 0.137 e. The van der Waals surface area contributed by atoms with Crippen LogP contribution in [0.5, 0.6) is 0 Å². The molecule has 1 aromatic carbocycles. The maximum atomic E-state index is 13.0. The zero-order valence-corrected chi connectivity index (χ0v) is 10.9. The predicted octanol–water partition coefficient (Wildman–Crippen LogP) is 3.27. The highest BCUT2D eigenvalue weighted by Crippen LogP contribution is 2.12. The Labute approximate surface area is 112 Å². The summed E-state index contributed by atoms with van der Waals surface area (Å²) in [6.45, 7) is 1.83. The molecule has 1 heterocycles. The zero-order valence-electron chi connectivity index (χ0n) is 10.9. The molecular weight excluding hydrogens is 241 g/mol. The fourth-order valence-electron chi connectivity index (χ4n) is 1.99. The fraction of sp³-hybridized carbons (Fsp3) is 0.250. The first-order valence-corrected chi connectivity index (χ1v) is 6.31. The van der Waals surface area contributed by atoms with Crippen LogP contribution >= 0.6 is 0 Å². The first-order chi connectivity index (χ1) is 9.15. The highest BCUT2D eigenvalue weighted by molar-refractivity contribution is 5.81. The molecule has 0 N–H and O–H groups in total. The van der Waals surface area contributed by atoms with E-state index in [1.54, 1.807) is 18.5 Å². The lowest BCUT2D eigenvalue weighted by molar-refractivity contribution is -0.118. The van der Waals surface area contributed by atoms with E-state index in [1.807, 2.05) is 19.1 Å². The van der Waals surface area contributed by atoms with Gasteiger partial charge in [-0.15, -0.1) is 0 Å². The van der Waals surface area contributed by atoms with Crippen LogP contribution in [0, 0.1) is 12.7 Å². The molecule has 0 aliphatic rings. The van der Waals surface area contributed by atoms with Gasteiger partial charge in [0, 0.05) is 25.2 Å². The van der Waals surface area contributed by atoms with Crippen molar-refractivity contribution < 1.29 is 9.18 Å². The number of hydrogen-bond acceptors (Lipinski definition) is 2. The van der Waals surface area contributed by atoms with Gasteiger partial charge in [-0.1, -0.05) is 6.07 Å². The maximum Gasteiger partial charge on any atom is 0.137 e. The van der Waals surface area contributed by atoms with E-state index in [-0.39, 0.29) is 11.6 Å². The number of carbonyl (C=O) groups is 1. The SMILES string of the molecule is Cc1cc(F)ccc1CC(=O)CCc1ccncc1. The number of aryl methyl sites for hydroxylation is 2. The molecule has 0 aliphatic carbocycles. The number of rotatable bonds is 5. The zero-order chi connectivity index (χ0) is 13.7. The fourth-order valence-corrected chi connectivity index (χ4v) is 1.99. The molecule has 0 radical (unpaired) electrons. The van der Waals surface area contributed by atoms with Crippen molar-refractivity contribution in [3.8, 4) is 0 Å². The summed E-state index contributed by atoms with van der Waals surface area (Å²) in [4.78, 5) is 15.9. The largest absolute Gasteiger partial charge is 0.299 e. The number of aromatic nitrogens is 1. The minimum atomic E-state index is -0.259. The molecule has 3 heteroatoms. The molecule has 2 nitrogen and oxygen atoms in total. The van der Waals surface area contributed by atoms with Crippen molar-refractivity contribution in [1.82, 2.24) is 4.98 Å². The molecule has 2 aromatic rings. The molecule has 1 aromatic heterocycles. The topological polar surface area (TPSA) is 30.0 Å². The molecule has 19 heavy (non-hydrogen) atoms. The highest BCUT2D eigenvalue weighted by Gasteiger charge is 2.07. The van der Waals surface area contributed by atoms with E-state index in [1.165, 1.54) is 12.1 Å². The molecule has 0 unspecified atom stereocenters. The number of hydrogen-bond donors (Lipinski definition) is 0. The van der Waals surface area contributed by atoms with Gasteiger partial charge in [-0.05, 0) is 54.3 Å². The summed E-state index contributed by atoms with van der Waals surface area (Å²) in [5.41, 5.74) is 2.84. The van der Waals surface area contributed by atoms with Gasteiger partial charge in [-0.25, -0.2) is 4.39 Å². The quantitative estimate of drug-likeness (QED) is 0.822. The van der Waals surface area contributed by atoms with E-state index >= 15 is 0 Å². The van der Waals surface area contributed by atoms with Crippen molar-refractivity contribution in [2.24, 2.45) is 0 Å². The van der Waals surface area contributed by atoms with E-state index in [9.17, 15) is 9.18 Å². The van der Waals surface area contributed by atoms with Gasteiger partial charge in [0.15, 0.2) is 0 Å². The van der Waals surface area contributed by atoms with E-state index < -0.39 is 0 Å². The van der Waals surface area contributed by atoms with Crippen molar-refractivity contribution in [3.63, 3.8) is 0 Å². The Hall–Kier alpha value is -2.03. The van der Waals surface area contributed by atoms with Gasteiger partial charge in [-0.2, -0.15) is 0 Å². The second kappa shape index (κ2) is 6.23. The predicted molar refractivity (Wildman–Crippen MR) is 72.4 cm³/mol. The van der Waals surface area contributed by atoms with Crippen molar-refractivity contribution in [3.05, 3.63) is 65.2 Å². The lowest BCUT2D eigenvalue weighted by Gasteiger charge is -2.05. The molecule has 0 saturated carbocycles. The molecule has 0 saturated heterocycles. The number of benzene rings is 1. The van der Waals surface area contributed by atoms with E-state index in [4.69, 9.17) is 0 Å². The number of halogens is 1. The van der Waals surface area contributed by atoms with Gasteiger partial charge < -0.3 is 0 Å². The summed E-state index contributed by atoms with van der Waals surface area (Å²) in [5, 5.41) is 0. The lowest BCUT2D eigenvalue weighted by atomic mass is 10.00. The van der Waals surface area contributed by atoms with E-state index in [0.717, 1.165) is 23.1 Å². The minimum Gasteiger partial charge on any atom is -0.299 e. The Morgan fingerprint density at radius 2 is 1.95 bits per heavy atom. The molecule has 0 fully saturated rings. The highest BCUT2D eigenvalue weighted by atomic mass is 19.1. The number of pyridine rings is 1. The summed E-state index contributed by atoms with van der Waals surface area (Å²) >= 11 is 0. The van der Waals surface area contributed by atoms with Crippen molar-refractivity contribution in [2.45, 2.75) is 26.2 Å². The Morgan fingerprint density at radius 3 is 2.63 bits per heavy atom. The lowest BCUT2D eigenvalue weighted by Crippen LogP contribution is -2.05. The molecule has 0 amide bonds. The maximum absolute atomic E-state index is 13.0. The second-order valence-electron chi connectivity index (χ2n) is 4.64. The number of nitrogens with zero attached hydrogens (tertiary/aromatic N) is 1. The standard InChI is InChI=1S/C16H16FNO/c1-12-10-15(17)4-3-14(12)11-16(19)5-2-13-6-8-18-9-7-13/h3-4,6-10H,2,5,11H2,1H3. The van der Waals surface area contributed by atoms with Crippen molar-refractivity contribution >= 4 is 5.78 Å². The van der Waals surface area contributed by atoms with Gasteiger partial charge in [0.05, 0.1) is 0 Å². The summed E-state index contributed by atoms with van der Waals surface area (Å²) in [5.74, 6) is -0.0861. The molecule has 0 spiro atoms. The second-order valence-corrected chi connectivity index (χ2v) is 4.64. The monoisotopic (exact) mass is 257 g/mol. The number of Topliss-reactive ketones (excluding diaryl/α,β-unsaturated/α-hetero) is 1. The Balaban J connectivity index is 1.91. The number of ketones is 1. The van der Waals surface area contributed by atoms with Crippen LogP contribution in [0.1, 0.15) is 23.1 Å². The van der Waals surface area contributed by atoms with Crippen LogP contribution in [0.25, 0.3) is 0 Å². The molecule has 0 aliphatic heterocycles. The summed E-state index contributed by atoms with van der Waals surface area (Å²) in [6, 6.07) is 8.38. The van der Waals surface area contributed by atoms with Crippen molar-refractivity contribution in [2.75, 3.05) is 0 Å². The first-order valence-electron chi connectivity index (χ1n) is 6.31. The first kappa shape index (κ1) is 13.4. The molecule has 0 atom stereocenters. The third kappa shape index (κ3) is 3.98. The van der Waals surface area contributed by atoms with E-state index in [0.29, 0.717) is 12.8 Å². The van der Waals surface area contributed by atoms with Crippen molar-refractivity contribution in [1.29, 1.82) is 0 Å². The van der Waals surface area contributed by atoms with Gasteiger partial charge in [0.1, 0.15) is 11.6 Å². The molecule has 2 rings (SSSR count). The third-order valence-corrected chi connectivity index (χ3v) is 3.13. The molecular formula is C16H16FNO. The average Bonchev–Trinajstić information content (AvgIpc) is 2.41. The average molecular weight is 257 g/mol. The van der Waals surface area contributed by atoms with Crippen LogP contribution in [0.15, 0.2) is 42.7 Å².